The van der Waals surface area contributed by atoms with Crippen LogP contribution in [0.1, 0.15) is 12.8 Å². The van der Waals surface area contributed by atoms with Gasteiger partial charge in [0.2, 0.25) is 0 Å². The van der Waals surface area contributed by atoms with Crippen LogP contribution in [-0.4, -0.2) is 46.2 Å². The van der Waals surface area contributed by atoms with Crippen LogP contribution in [0.3, 0.4) is 0 Å². The summed E-state index contributed by atoms with van der Waals surface area (Å²) in [7, 11) is -3.14. The summed E-state index contributed by atoms with van der Waals surface area (Å²) in [6.45, 7) is 3.30. The zero-order valence-electron chi connectivity index (χ0n) is 14.7. The first-order valence-electron chi connectivity index (χ1n) is 9.05. The van der Waals surface area contributed by atoms with E-state index in [-0.39, 0.29) is 0 Å². The molecule has 0 aliphatic carbocycles. The first kappa shape index (κ1) is 17.6. The number of likely N-dealkylation sites (tertiary alicyclic amines) is 1. The number of benzene rings is 2. The standard InChI is InChI=1S/C19H26N4O2S/c20-16-10-12-21(13-11-16)14-15-22-18-8-4-5-9-19(18)23(26(22,24)25)17-6-2-1-3-7-17/h1-9,16,24-25H,10-15,20H2. The lowest BCUT2D eigenvalue weighted by atomic mass is 10.1. The molecule has 0 amide bonds. The van der Waals surface area contributed by atoms with Crippen LogP contribution in [0.5, 0.6) is 0 Å². The molecule has 4 rings (SSSR count). The zero-order chi connectivity index (χ0) is 18.1. The summed E-state index contributed by atoms with van der Waals surface area (Å²) in [6, 6.07) is 17.6. The van der Waals surface area contributed by atoms with E-state index in [9.17, 15) is 9.11 Å². The molecule has 2 heterocycles. The topological polar surface area (TPSA) is 76.2 Å². The molecule has 0 unspecified atom stereocenters. The first-order chi connectivity index (χ1) is 12.6. The van der Waals surface area contributed by atoms with Crippen LogP contribution in [0.25, 0.3) is 0 Å². The molecular weight excluding hydrogens is 348 g/mol. The average molecular weight is 375 g/mol. The molecule has 6 nitrogen and oxygen atoms in total. The smallest absolute Gasteiger partial charge is 0.0896 e. The Balaban J connectivity index is 1.59. The van der Waals surface area contributed by atoms with E-state index in [1.54, 1.807) is 8.61 Å². The summed E-state index contributed by atoms with van der Waals surface area (Å²) in [5.74, 6) is 0. The molecule has 2 aromatic rings. The van der Waals surface area contributed by atoms with Gasteiger partial charge in [-0.2, -0.15) is 0 Å². The molecule has 1 fully saturated rings. The van der Waals surface area contributed by atoms with Gasteiger partial charge in [-0.15, -0.1) is 0 Å². The summed E-state index contributed by atoms with van der Waals surface area (Å²) >= 11 is 0. The number of anilines is 3. The molecule has 140 valence electrons. The average Bonchev–Trinajstić information content (AvgIpc) is 2.88. The fourth-order valence-electron chi connectivity index (χ4n) is 3.70. The van der Waals surface area contributed by atoms with Gasteiger partial charge in [0.15, 0.2) is 0 Å². The lowest BCUT2D eigenvalue weighted by Gasteiger charge is -2.44. The molecule has 0 spiro atoms. The minimum absolute atomic E-state index is 0.299. The third-order valence-corrected chi connectivity index (χ3v) is 7.02. The van der Waals surface area contributed by atoms with Crippen molar-refractivity contribution in [3.63, 3.8) is 0 Å². The molecule has 7 heteroatoms. The van der Waals surface area contributed by atoms with E-state index in [0.29, 0.717) is 12.6 Å². The highest BCUT2D eigenvalue weighted by Crippen LogP contribution is 2.63. The Bertz CT molecular complexity index is 750. The van der Waals surface area contributed by atoms with Gasteiger partial charge in [0.25, 0.3) is 0 Å². The summed E-state index contributed by atoms with van der Waals surface area (Å²) in [5, 5.41) is 0. The Morgan fingerprint density at radius 3 is 2.19 bits per heavy atom. The van der Waals surface area contributed by atoms with E-state index < -0.39 is 11.0 Å². The number of piperidine rings is 1. The lowest BCUT2D eigenvalue weighted by Crippen LogP contribution is -2.43. The Labute approximate surface area is 156 Å². The van der Waals surface area contributed by atoms with Gasteiger partial charge in [0.05, 0.1) is 23.6 Å². The largest absolute Gasteiger partial charge is 0.328 e. The molecule has 2 aromatic carbocycles. The molecule has 2 aliphatic heterocycles. The first-order valence-corrected chi connectivity index (χ1v) is 10.5. The van der Waals surface area contributed by atoms with Gasteiger partial charge < -0.3 is 10.6 Å². The maximum atomic E-state index is 11.1. The molecule has 0 bridgehead atoms. The van der Waals surface area contributed by atoms with Crippen LogP contribution < -0.4 is 14.3 Å². The van der Waals surface area contributed by atoms with Crippen molar-refractivity contribution >= 4 is 28.0 Å². The number of nitrogens with two attached hydrogens (primary N) is 1. The van der Waals surface area contributed by atoms with Crippen molar-refractivity contribution in [1.82, 2.24) is 4.90 Å². The minimum atomic E-state index is -3.14. The molecule has 4 N–H and O–H groups in total. The van der Waals surface area contributed by atoms with Gasteiger partial charge in [0, 0.05) is 12.6 Å². The van der Waals surface area contributed by atoms with Crippen LogP contribution in [0.2, 0.25) is 0 Å². The summed E-state index contributed by atoms with van der Waals surface area (Å²) in [5.41, 5.74) is 8.47. The highest BCUT2D eigenvalue weighted by molar-refractivity contribution is 8.27. The second kappa shape index (κ2) is 7.09. The summed E-state index contributed by atoms with van der Waals surface area (Å²) < 4.78 is 25.6. The number of hydrogen-bond donors (Lipinski definition) is 3. The van der Waals surface area contributed by atoms with Crippen LogP contribution in [-0.2, 0) is 0 Å². The SMILES string of the molecule is NC1CCN(CCN2c3ccccc3N(c3ccccc3)S2(O)O)CC1. The molecule has 0 atom stereocenters. The van der Waals surface area contributed by atoms with Gasteiger partial charge in [-0.25, -0.2) is 4.31 Å². The van der Waals surface area contributed by atoms with Gasteiger partial charge in [-0.3, -0.25) is 13.4 Å². The molecule has 2 aliphatic rings. The van der Waals surface area contributed by atoms with Crippen molar-refractivity contribution in [3.05, 3.63) is 54.6 Å². The zero-order valence-corrected chi connectivity index (χ0v) is 15.6. The fourth-order valence-corrected chi connectivity index (χ4v) is 5.47. The van der Waals surface area contributed by atoms with Crippen molar-refractivity contribution in [2.75, 3.05) is 34.8 Å². The van der Waals surface area contributed by atoms with E-state index in [1.807, 2.05) is 54.6 Å². The highest BCUT2D eigenvalue weighted by Gasteiger charge is 2.41. The number of rotatable bonds is 4. The predicted octanol–water partition coefficient (Wildman–Crippen LogP) is 3.65. The second-order valence-corrected chi connectivity index (χ2v) is 8.68. The van der Waals surface area contributed by atoms with E-state index in [0.717, 1.165) is 49.5 Å². The van der Waals surface area contributed by atoms with Crippen molar-refractivity contribution in [1.29, 1.82) is 0 Å². The normalized spacial score (nSPS) is 21.7. The van der Waals surface area contributed by atoms with Gasteiger partial charge in [0.1, 0.15) is 0 Å². The van der Waals surface area contributed by atoms with E-state index in [2.05, 4.69) is 4.90 Å². The van der Waals surface area contributed by atoms with Crippen molar-refractivity contribution in [2.24, 2.45) is 5.73 Å². The molecule has 0 radical (unpaired) electrons. The fraction of sp³-hybridized carbons (Fsp3) is 0.368. The molecule has 26 heavy (non-hydrogen) atoms. The Morgan fingerprint density at radius 1 is 0.885 bits per heavy atom. The molecule has 0 aromatic heterocycles. The maximum absolute atomic E-state index is 11.1. The minimum Gasteiger partial charge on any atom is -0.328 e. The Morgan fingerprint density at radius 2 is 1.50 bits per heavy atom. The van der Waals surface area contributed by atoms with Crippen LogP contribution in [0.4, 0.5) is 17.1 Å². The highest BCUT2D eigenvalue weighted by atomic mass is 32.3. The van der Waals surface area contributed by atoms with Crippen LogP contribution >= 0.6 is 11.0 Å². The number of nitrogens with zero attached hydrogens (tertiary/aromatic N) is 3. The Kier molecular flexibility index (Phi) is 4.81. The third-order valence-electron chi connectivity index (χ3n) is 5.15. The molecule has 0 saturated carbocycles. The van der Waals surface area contributed by atoms with Gasteiger partial charge >= 0.3 is 0 Å². The monoisotopic (exact) mass is 374 g/mol. The third kappa shape index (κ3) is 3.17. The van der Waals surface area contributed by atoms with E-state index in [4.69, 9.17) is 5.73 Å². The lowest BCUT2D eigenvalue weighted by molar-refractivity contribution is 0.219. The van der Waals surface area contributed by atoms with E-state index in [1.165, 1.54) is 0 Å². The summed E-state index contributed by atoms with van der Waals surface area (Å²) in [6.07, 6.45) is 2.01. The number of para-hydroxylation sites is 3. The Hall–Kier alpha value is -1.77. The van der Waals surface area contributed by atoms with E-state index >= 15 is 0 Å². The summed E-state index contributed by atoms with van der Waals surface area (Å²) in [4.78, 5) is 2.35. The number of hydrogen-bond acceptors (Lipinski definition) is 6. The van der Waals surface area contributed by atoms with Crippen LogP contribution in [0, 0.1) is 0 Å². The van der Waals surface area contributed by atoms with Crippen molar-refractivity contribution in [2.45, 2.75) is 18.9 Å². The number of fused-ring (bicyclic) bond motifs is 1. The van der Waals surface area contributed by atoms with Gasteiger partial charge in [-0.05, 0) is 61.2 Å². The van der Waals surface area contributed by atoms with Crippen molar-refractivity contribution in [3.8, 4) is 0 Å². The molecular formula is C19H26N4O2S. The van der Waals surface area contributed by atoms with Gasteiger partial charge in [-0.1, -0.05) is 30.3 Å². The maximum Gasteiger partial charge on any atom is 0.0896 e. The molecule has 1 saturated heterocycles. The van der Waals surface area contributed by atoms with Crippen molar-refractivity contribution < 1.29 is 9.11 Å². The van der Waals surface area contributed by atoms with Crippen LogP contribution in [0.15, 0.2) is 54.6 Å². The predicted molar refractivity (Wildman–Crippen MR) is 109 cm³/mol. The quantitative estimate of drug-likeness (QED) is 0.758. The second-order valence-electron chi connectivity index (χ2n) is 6.89.